The largest absolute Gasteiger partial charge is 0.504 e. The number of aliphatic imine (C=N–C) groups is 1. The summed E-state index contributed by atoms with van der Waals surface area (Å²) in [7, 11) is 1.20. The molecule has 21 heteroatoms. The first-order chi connectivity index (χ1) is 34.3. The van der Waals surface area contributed by atoms with Crippen LogP contribution < -0.4 is 35.3 Å². The Morgan fingerprint density at radius 3 is 2.51 bits per heavy atom. The third kappa shape index (κ3) is 10.3. The van der Waals surface area contributed by atoms with E-state index in [1.165, 1.54) is 7.11 Å². The highest BCUT2D eigenvalue weighted by molar-refractivity contribution is 5.98. The number of aryl methyl sites for hydroxylation is 1. The third-order valence-corrected chi connectivity index (χ3v) is 14.1. The van der Waals surface area contributed by atoms with E-state index in [1.807, 2.05) is 45.0 Å². The molecule has 1 fully saturated rings. The van der Waals surface area contributed by atoms with Gasteiger partial charge < -0.3 is 90.7 Å². The lowest BCUT2D eigenvalue weighted by atomic mass is 9.71. The highest BCUT2D eigenvalue weighted by atomic mass is 16.7. The first-order valence-electron chi connectivity index (χ1n) is 24.1. The fraction of sp³-hybridized carbons (Fsp3) is 0.549. The van der Waals surface area contributed by atoms with Crippen molar-refractivity contribution in [2.75, 3.05) is 38.9 Å². The Balaban J connectivity index is 1.32. The molecule has 4 heterocycles. The van der Waals surface area contributed by atoms with Crippen molar-refractivity contribution in [3.8, 4) is 46.3 Å². The molecule has 0 aromatic heterocycles. The van der Waals surface area contributed by atoms with Gasteiger partial charge >= 0.3 is 11.9 Å². The number of aliphatic hydroxyl groups excluding tert-OH is 5. The number of carbonyl (C=O) groups excluding carboxylic acids is 1. The van der Waals surface area contributed by atoms with Crippen molar-refractivity contribution in [2.24, 2.45) is 28.5 Å². The van der Waals surface area contributed by atoms with Gasteiger partial charge in [0.2, 0.25) is 24.1 Å². The number of hydrogen-bond acceptors (Lipinski definition) is 18. The molecule has 392 valence electrons. The molecule has 72 heavy (non-hydrogen) atoms. The maximum atomic E-state index is 14.2. The van der Waals surface area contributed by atoms with Crippen LogP contribution in [0.25, 0.3) is 0 Å². The Bertz CT molecular complexity index is 2580. The second-order valence-electron chi connectivity index (χ2n) is 19.0. The maximum absolute atomic E-state index is 14.2. The molecule has 0 amide bonds. The number of nitrogens with two attached hydrogens (primary N) is 1. The number of nitrogens with zero attached hydrogens (tertiary/aromatic N) is 1. The van der Waals surface area contributed by atoms with E-state index in [1.54, 1.807) is 6.92 Å². The topological polar surface area (TPSA) is 334 Å². The average Bonchev–Trinajstić information content (AvgIpc) is 3.49. The number of phenolic OH excluding ortho intramolecular Hbond substituents is 2. The molecule has 0 saturated carbocycles. The lowest BCUT2D eigenvalue weighted by molar-refractivity contribution is -0.381. The fourth-order valence-electron chi connectivity index (χ4n) is 10.1. The molecule has 4 aliphatic rings. The summed E-state index contributed by atoms with van der Waals surface area (Å²) in [6.07, 6.45) is -9.65. The number of guanidine groups is 1. The van der Waals surface area contributed by atoms with E-state index < -0.39 is 121 Å². The number of carbonyl (C=O) groups is 2. The Kier molecular flexibility index (Phi) is 16.5. The first-order valence-corrected chi connectivity index (χ1v) is 24.1. The van der Waals surface area contributed by atoms with Crippen molar-refractivity contribution in [3.05, 3.63) is 63.7 Å². The molecule has 7 rings (SSSR count). The number of rotatable bonds is 16. The number of hydrogen-bond donors (Lipinski definition) is 12. The molecular formula is C51H66N4O17. The van der Waals surface area contributed by atoms with Crippen LogP contribution in [0.15, 0.2) is 35.3 Å². The summed E-state index contributed by atoms with van der Waals surface area (Å²) in [5.74, 6) is -1.36. The van der Waals surface area contributed by atoms with E-state index in [-0.39, 0.29) is 71.1 Å². The highest BCUT2D eigenvalue weighted by Gasteiger charge is 2.66. The Morgan fingerprint density at radius 2 is 1.82 bits per heavy atom. The van der Waals surface area contributed by atoms with Crippen molar-refractivity contribution in [1.82, 2.24) is 5.32 Å². The summed E-state index contributed by atoms with van der Waals surface area (Å²) in [5, 5.41) is 110. The van der Waals surface area contributed by atoms with Gasteiger partial charge in [-0.3, -0.25) is 0 Å². The van der Waals surface area contributed by atoms with Crippen LogP contribution in [0.1, 0.15) is 96.3 Å². The van der Waals surface area contributed by atoms with E-state index in [0.29, 0.717) is 25.8 Å². The standard InChI is InChI=1S/C51H66N4O17/c1-6-27-11-9-12-28(21-27)15-20-68-42-38(58)35-30(41(67-5)39(42)59)14-17-51(48(65)71-45(35)63)47(64)50(66)16-10-13-29-22-31-36(55-26(4)34(29)37(57)25(2)3)32(44(61)62)23-33(40(31)70-46(72-51)43(50)60)69-24-54-49(52)53-18-7-8-19-56/h9,11-12,21,23,25-26,29,34,37,43,46-48,55-60,64-66H,6-8,14-20,22,24H2,1-5H3,(H,61,62)(H3,52,53,54). The molecule has 13 N–H and O–H groups in total. The summed E-state index contributed by atoms with van der Waals surface area (Å²) >= 11 is 0. The number of benzene rings is 3. The molecule has 3 aromatic rings. The summed E-state index contributed by atoms with van der Waals surface area (Å²) in [4.78, 5) is 31.5. The minimum atomic E-state index is -2.76. The van der Waals surface area contributed by atoms with Crippen LogP contribution in [0.5, 0.6) is 34.5 Å². The lowest BCUT2D eigenvalue weighted by Crippen LogP contribution is -2.75. The van der Waals surface area contributed by atoms with Crippen molar-refractivity contribution in [3.63, 3.8) is 0 Å². The van der Waals surface area contributed by atoms with Crippen LogP contribution in [0.2, 0.25) is 0 Å². The molecule has 0 radical (unpaired) electrons. The number of aliphatic hydroxyl groups is 6. The van der Waals surface area contributed by atoms with E-state index in [9.17, 15) is 50.4 Å². The van der Waals surface area contributed by atoms with Gasteiger partial charge in [0, 0.05) is 61.1 Å². The number of carboxylic acid groups (broad SMARTS) is 1. The smallest absolute Gasteiger partial charge is 0.344 e. The summed E-state index contributed by atoms with van der Waals surface area (Å²) in [6.45, 7) is 7.21. The second-order valence-corrected chi connectivity index (χ2v) is 19.0. The Labute approximate surface area is 416 Å². The molecule has 10 unspecified atom stereocenters. The predicted molar refractivity (Wildman–Crippen MR) is 258 cm³/mol. The molecule has 10 atom stereocenters. The number of unbranched alkanes of at least 4 members (excludes halogenated alkanes) is 1. The van der Waals surface area contributed by atoms with Crippen molar-refractivity contribution in [1.29, 1.82) is 0 Å². The van der Waals surface area contributed by atoms with E-state index in [2.05, 4.69) is 27.5 Å². The normalized spacial score (nSPS) is 27.2. The quantitative estimate of drug-likeness (QED) is 0.0321. The van der Waals surface area contributed by atoms with Gasteiger partial charge in [0.25, 0.3) is 0 Å². The number of anilines is 1. The maximum Gasteiger partial charge on any atom is 0.344 e. The van der Waals surface area contributed by atoms with Crippen LogP contribution in [-0.2, 0) is 35.2 Å². The van der Waals surface area contributed by atoms with Gasteiger partial charge in [-0.15, -0.1) is 0 Å². The van der Waals surface area contributed by atoms with E-state index in [4.69, 9.17) is 39.3 Å². The zero-order chi connectivity index (χ0) is 52.2. The number of methoxy groups -OCH3 is 1. The molecule has 4 bridgehead atoms. The number of esters is 1. The first kappa shape index (κ1) is 53.5. The fourth-order valence-corrected chi connectivity index (χ4v) is 10.1. The van der Waals surface area contributed by atoms with Crippen LogP contribution in [-0.4, -0.2) is 146 Å². The lowest BCUT2D eigenvalue weighted by Gasteiger charge is -2.54. The van der Waals surface area contributed by atoms with Gasteiger partial charge in [-0.25, -0.2) is 14.6 Å². The number of ether oxygens (including phenoxy) is 6. The monoisotopic (exact) mass is 1010 g/mol. The molecule has 4 aliphatic heterocycles. The Hall–Kier alpha value is -6.25. The van der Waals surface area contributed by atoms with Gasteiger partial charge in [-0.2, -0.15) is 0 Å². The summed E-state index contributed by atoms with van der Waals surface area (Å²) in [5.41, 5.74) is 1.98. The number of cyclic esters (lactones) is 1. The van der Waals surface area contributed by atoms with Crippen molar-refractivity contribution < 1.29 is 84.0 Å². The molecule has 3 aromatic carbocycles. The van der Waals surface area contributed by atoms with Gasteiger partial charge in [-0.1, -0.05) is 56.9 Å². The van der Waals surface area contributed by atoms with Crippen molar-refractivity contribution in [2.45, 2.75) is 127 Å². The van der Waals surface area contributed by atoms with Gasteiger partial charge in [-0.05, 0) is 62.5 Å². The molecule has 0 aliphatic carbocycles. The van der Waals surface area contributed by atoms with Gasteiger partial charge in [0.05, 0.1) is 31.1 Å². The minimum absolute atomic E-state index is 0.0163. The number of carboxylic acids is 1. The van der Waals surface area contributed by atoms with Crippen molar-refractivity contribution >= 4 is 23.6 Å². The highest BCUT2D eigenvalue weighted by Crippen LogP contribution is 2.53. The summed E-state index contributed by atoms with van der Waals surface area (Å²) < 4.78 is 36.0. The summed E-state index contributed by atoms with van der Waals surface area (Å²) in [6, 6.07) is 8.29. The zero-order valence-corrected chi connectivity index (χ0v) is 40.9. The Morgan fingerprint density at radius 1 is 1.07 bits per heavy atom. The number of aromatic hydroxyl groups is 2. The van der Waals surface area contributed by atoms with E-state index >= 15 is 0 Å². The van der Waals surface area contributed by atoms with Crippen LogP contribution in [0.4, 0.5) is 5.69 Å². The third-order valence-electron chi connectivity index (χ3n) is 14.1. The van der Waals surface area contributed by atoms with Crippen LogP contribution >= 0.6 is 0 Å². The van der Waals surface area contributed by atoms with E-state index in [0.717, 1.165) is 23.6 Å². The molecule has 1 spiro atoms. The second kappa shape index (κ2) is 22.3. The number of fused-ring (bicyclic) bond motifs is 4. The minimum Gasteiger partial charge on any atom is -0.504 e. The average molecular weight is 1010 g/mol. The molecular weight excluding hydrogens is 941 g/mol. The molecule has 21 nitrogen and oxygen atoms in total. The molecule has 1 saturated heterocycles. The van der Waals surface area contributed by atoms with Gasteiger partial charge in [0.1, 0.15) is 23.4 Å². The number of aromatic carboxylic acids is 1. The van der Waals surface area contributed by atoms with Crippen LogP contribution in [0.3, 0.4) is 0 Å². The van der Waals surface area contributed by atoms with Crippen LogP contribution in [0, 0.1) is 29.6 Å². The number of phenols is 2. The van der Waals surface area contributed by atoms with Gasteiger partial charge in [0.15, 0.2) is 41.3 Å². The number of nitrogens with one attached hydrogen (secondary N) is 2. The predicted octanol–water partition coefficient (Wildman–Crippen LogP) is 2.06. The zero-order valence-electron chi connectivity index (χ0n) is 40.9. The SMILES string of the molecule is CCc1cccc(CCOc2c(O)c(OC)c3c(c2O)C(=O)OC(O)C2(CC3)OC3Oc4c(OCN=C(N)NCCCCO)cc(C(=O)O)c5c4CC(C#CCC(O)(C3O)C2O)C(C(O)C(C)C)C(C)N5)c1.